The summed E-state index contributed by atoms with van der Waals surface area (Å²) in [7, 11) is 5.28. The molecule has 3 saturated heterocycles. The van der Waals surface area contributed by atoms with E-state index in [1.54, 1.807) is 46.2 Å². The maximum absolute atomic E-state index is 14.5. The third kappa shape index (κ3) is 13.6. The molecule has 0 saturated carbocycles. The Balaban J connectivity index is 1.23. The van der Waals surface area contributed by atoms with Gasteiger partial charge in [-0.05, 0) is 111 Å². The normalized spacial score (nSPS) is 39.5. The number of aliphatic hydroxyl groups excluding tert-OH is 3. The van der Waals surface area contributed by atoms with Crippen LogP contribution in [0.1, 0.15) is 106 Å². The minimum Gasteiger partial charge on any atom is -0.459 e. The van der Waals surface area contributed by atoms with Crippen molar-refractivity contribution in [3.63, 3.8) is 0 Å². The second kappa shape index (κ2) is 24.0. The first-order valence-corrected chi connectivity index (χ1v) is 26.0. The van der Waals surface area contributed by atoms with Gasteiger partial charge in [-0.1, -0.05) is 30.5 Å². The highest BCUT2D eigenvalue weighted by molar-refractivity contribution is 7.03. The molecule has 0 spiro atoms. The Morgan fingerprint density at radius 3 is 2.30 bits per heavy atom. The van der Waals surface area contributed by atoms with Crippen LogP contribution in [0.5, 0.6) is 0 Å². The van der Waals surface area contributed by atoms with Crippen LogP contribution in [0.3, 0.4) is 0 Å². The summed E-state index contributed by atoms with van der Waals surface area (Å²) in [5.41, 5.74) is -1.58. The Kier molecular flexibility index (Phi) is 19.3. The molecular formula is C49H81N9O12S. The van der Waals surface area contributed by atoms with Crippen LogP contribution >= 0.6 is 11.5 Å². The molecule has 0 aromatic carbocycles. The van der Waals surface area contributed by atoms with Crippen LogP contribution < -0.4 is 0 Å². The second-order valence-corrected chi connectivity index (χ2v) is 22.0. The fourth-order valence-electron chi connectivity index (χ4n) is 10.8. The van der Waals surface area contributed by atoms with Gasteiger partial charge >= 0.3 is 5.97 Å². The van der Waals surface area contributed by atoms with Crippen molar-refractivity contribution in [2.45, 2.75) is 205 Å². The number of aliphatic hydroxyl groups is 5. The van der Waals surface area contributed by atoms with Gasteiger partial charge in [-0.2, -0.15) is 5.10 Å². The van der Waals surface area contributed by atoms with Gasteiger partial charge in [-0.3, -0.25) is 9.48 Å². The molecular weight excluding hydrogens is 939 g/mol. The Hall–Kier alpha value is -3.23. The van der Waals surface area contributed by atoms with Crippen molar-refractivity contribution >= 4 is 17.5 Å². The predicted molar refractivity (Wildman–Crippen MR) is 261 cm³/mol. The lowest BCUT2D eigenvalue weighted by atomic mass is 9.77. The van der Waals surface area contributed by atoms with Crippen molar-refractivity contribution in [2.24, 2.45) is 17.8 Å². The third-order valence-corrected chi connectivity index (χ3v) is 15.9. The van der Waals surface area contributed by atoms with E-state index in [9.17, 15) is 30.3 Å². The zero-order valence-electron chi connectivity index (χ0n) is 43.9. The minimum atomic E-state index is -1.84. The van der Waals surface area contributed by atoms with Crippen molar-refractivity contribution in [3.05, 3.63) is 35.1 Å². The van der Waals surface area contributed by atoms with Crippen molar-refractivity contribution in [1.82, 2.24) is 44.6 Å². The molecule has 18 atom stereocenters. The Morgan fingerprint density at radius 2 is 1.65 bits per heavy atom. The molecule has 3 aromatic rings. The highest BCUT2D eigenvalue weighted by Crippen LogP contribution is 2.40. The van der Waals surface area contributed by atoms with Gasteiger partial charge in [0, 0.05) is 75.6 Å². The topological polar surface area (TPSA) is 262 Å². The summed E-state index contributed by atoms with van der Waals surface area (Å²) in [5, 5.41) is 82.9. The fraction of sp³-hybridized carbons (Fsp3) is 0.816. The first-order chi connectivity index (χ1) is 33.4. The van der Waals surface area contributed by atoms with Crippen LogP contribution in [0.2, 0.25) is 0 Å². The number of hydrogen-bond acceptors (Lipinski definition) is 21. The number of ether oxygens (including phenoxy) is 6. The molecule has 22 heteroatoms. The van der Waals surface area contributed by atoms with E-state index < -0.39 is 102 Å². The van der Waals surface area contributed by atoms with E-state index in [0.29, 0.717) is 50.3 Å². The van der Waals surface area contributed by atoms with Gasteiger partial charge in [0.25, 0.3) is 0 Å². The number of carbonyl (C=O) groups is 1. The summed E-state index contributed by atoms with van der Waals surface area (Å²) in [5.74, 6) is -2.78. The van der Waals surface area contributed by atoms with Gasteiger partial charge < -0.3 is 63.8 Å². The standard InChI is InChI=1S/C49H81N9O12S/c1-14-38-49(10,64)42(60)31(6)57(12)24-27(2)22-47(8,63)44(29(4)41(30(5)45(62)68-38)69-39-23-48(9,65-13)43(61)32(7)67-39)70-46-40(59)37(21-28(3)66-46)56(11)19-17-34-25-58(54-51-34)20-18-33-15-16-35(52-50-33)36-26-71-55-53-36/h15-16,25-32,37-44,46,59-61,63-64H,14,17-24H2,1-13H3/t27-,28-,29+,30-,31-,32+,37+,38-,39+,40-,41+,42-,43+,44-,46+,47-,48-,49-/m1/s1. The first kappa shape index (κ1) is 57.1. The zero-order chi connectivity index (χ0) is 52.2. The van der Waals surface area contributed by atoms with Crippen LogP contribution in [0.4, 0.5) is 0 Å². The second-order valence-electron chi connectivity index (χ2n) is 21.4. The average molecular weight is 1020 g/mol. The predicted octanol–water partition coefficient (Wildman–Crippen LogP) is 2.66. The molecule has 400 valence electrons. The monoisotopic (exact) mass is 1020 g/mol. The lowest BCUT2D eigenvalue weighted by molar-refractivity contribution is -0.318. The van der Waals surface area contributed by atoms with E-state index in [0.717, 1.165) is 11.4 Å². The van der Waals surface area contributed by atoms with Crippen molar-refractivity contribution in [3.8, 4) is 11.4 Å². The molecule has 6 heterocycles. The lowest BCUT2D eigenvalue weighted by Gasteiger charge is -2.49. The largest absolute Gasteiger partial charge is 0.459 e. The van der Waals surface area contributed by atoms with Gasteiger partial charge in [0.1, 0.15) is 41.4 Å². The van der Waals surface area contributed by atoms with Gasteiger partial charge in [0.2, 0.25) is 0 Å². The van der Waals surface area contributed by atoms with E-state index in [1.165, 1.54) is 25.6 Å². The summed E-state index contributed by atoms with van der Waals surface area (Å²) in [6.45, 7) is 19.1. The maximum Gasteiger partial charge on any atom is 0.311 e. The molecule has 6 rings (SSSR count). The smallest absolute Gasteiger partial charge is 0.311 e. The molecule has 21 nitrogen and oxygen atoms in total. The fourth-order valence-corrected chi connectivity index (χ4v) is 11.3. The van der Waals surface area contributed by atoms with Crippen LogP contribution in [0.15, 0.2) is 23.7 Å². The van der Waals surface area contributed by atoms with Gasteiger partial charge in [0.05, 0.1) is 52.9 Å². The summed E-state index contributed by atoms with van der Waals surface area (Å²) in [6, 6.07) is 2.80. The molecule has 0 unspecified atom stereocenters. The van der Waals surface area contributed by atoms with E-state index in [1.807, 2.05) is 63.5 Å². The number of aryl methyl sites for hydroxylation is 2. The van der Waals surface area contributed by atoms with E-state index in [-0.39, 0.29) is 31.3 Å². The van der Waals surface area contributed by atoms with Crippen LogP contribution in [-0.2, 0) is 52.6 Å². The lowest BCUT2D eigenvalue weighted by Crippen LogP contribution is -2.61. The number of methoxy groups -OCH3 is 1. The summed E-state index contributed by atoms with van der Waals surface area (Å²) < 4.78 is 44.0. The third-order valence-electron chi connectivity index (χ3n) is 15.4. The molecule has 0 bridgehead atoms. The highest BCUT2D eigenvalue weighted by atomic mass is 32.1. The Bertz CT molecular complexity index is 2120. The molecule has 0 radical (unpaired) electrons. The Morgan fingerprint density at radius 1 is 0.915 bits per heavy atom. The Labute approximate surface area is 422 Å². The quantitative estimate of drug-likeness (QED) is 0.145. The van der Waals surface area contributed by atoms with Gasteiger partial charge in [-0.15, -0.1) is 15.3 Å². The number of nitrogens with zero attached hydrogens (tertiary/aromatic N) is 9. The highest BCUT2D eigenvalue weighted by Gasteiger charge is 2.53. The molecule has 5 N–H and O–H groups in total. The minimum absolute atomic E-state index is 0.102. The number of carbonyl (C=O) groups excluding carboxylic acids is 1. The van der Waals surface area contributed by atoms with Gasteiger partial charge in [0.15, 0.2) is 12.6 Å². The molecule has 3 aliphatic rings. The molecule has 71 heavy (non-hydrogen) atoms. The van der Waals surface area contributed by atoms with E-state index in [2.05, 4.69) is 35.0 Å². The molecule has 3 aliphatic heterocycles. The van der Waals surface area contributed by atoms with Crippen LogP contribution in [-0.4, -0.2) is 201 Å². The molecule has 3 fully saturated rings. The van der Waals surface area contributed by atoms with Crippen LogP contribution in [0, 0.1) is 17.8 Å². The molecule has 0 aliphatic carbocycles. The van der Waals surface area contributed by atoms with Crippen molar-refractivity contribution in [1.29, 1.82) is 0 Å². The number of hydrogen-bond donors (Lipinski definition) is 5. The summed E-state index contributed by atoms with van der Waals surface area (Å²) in [4.78, 5) is 18.5. The maximum atomic E-state index is 14.5. The van der Waals surface area contributed by atoms with Crippen molar-refractivity contribution in [2.75, 3.05) is 34.3 Å². The first-order valence-electron chi connectivity index (χ1n) is 25.1. The van der Waals surface area contributed by atoms with E-state index >= 15 is 0 Å². The van der Waals surface area contributed by atoms with Crippen LogP contribution in [0.25, 0.3) is 11.4 Å². The zero-order valence-corrected chi connectivity index (χ0v) is 44.7. The number of likely N-dealkylation sites (N-methyl/N-ethyl adjacent to an activating group) is 2. The number of cyclic esters (lactones) is 1. The van der Waals surface area contributed by atoms with E-state index in [4.69, 9.17) is 28.4 Å². The summed E-state index contributed by atoms with van der Waals surface area (Å²) >= 11 is 1.26. The van der Waals surface area contributed by atoms with Gasteiger partial charge in [-0.25, -0.2) is 0 Å². The van der Waals surface area contributed by atoms with Crippen molar-refractivity contribution < 1.29 is 58.7 Å². The number of esters is 1. The molecule has 3 aromatic heterocycles. The molecule has 0 amide bonds. The average Bonchev–Trinajstić information content (AvgIpc) is 4.04. The number of aromatic nitrogens is 7. The number of rotatable bonds is 14. The SMILES string of the molecule is CC[C@H]1OC(=O)[C@H](C)[C@@H](O[C@H]2C[C@@](C)(OC)[C@@H](O)[C@H](C)O2)[C@H](C)[C@@H](O[C@@H]2O[C@H](C)C[C@H](N(C)CCc3cn(CCc4ccc(-c5csnn5)nn4)nn3)[C@H]2O)[C@](C)(O)C[C@@H](C)CN(C)[C@H](C)[C@@H](O)[C@]1(C)O. The summed E-state index contributed by atoms with van der Waals surface area (Å²) in [6.07, 6.45) is -5.97.